The molecule has 2 fully saturated rings. The van der Waals surface area contributed by atoms with Gasteiger partial charge in [0.05, 0.1) is 18.6 Å². The molecule has 5 heteroatoms. The van der Waals surface area contributed by atoms with Crippen molar-refractivity contribution < 1.29 is 19.4 Å². The van der Waals surface area contributed by atoms with E-state index in [9.17, 15) is 14.7 Å². The maximum atomic E-state index is 12.8. The van der Waals surface area contributed by atoms with Gasteiger partial charge >= 0.3 is 0 Å². The minimum atomic E-state index is -1.21. The number of anilines is 1. The molecule has 1 aromatic rings. The highest BCUT2D eigenvalue weighted by Gasteiger charge is 2.65. The lowest BCUT2D eigenvalue weighted by atomic mass is 9.77. The van der Waals surface area contributed by atoms with E-state index < -0.39 is 29.5 Å². The smallest absolute Gasteiger partial charge is 0.234 e. The molecule has 0 aliphatic carbocycles. The summed E-state index contributed by atoms with van der Waals surface area (Å²) in [6.45, 7) is 2.29. The van der Waals surface area contributed by atoms with Crippen molar-refractivity contribution in [2.24, 2.45) is 11.8 Å². The number of carboxylic acid groups (broad SMARTS) is 1. The monoisotopic (exact) mass is 284 g/mol. The van der Waals surface area contributed by atoms with Crippen molar-refractivity contribution in [3.63, 3.8) is 0 Å². The molecule has 0 radical (unpaired) electrons. The van der Waals surface area contributed by atoms with Crippen molar-refractivity contribution in [1.82, 2.24) is 0 Å². The number of hydrogen-bond donors (Lipinski definition) is 0. The third kappa shape index (κ3) is 1.49. The van der Waals surface area contributed by atoms with E-state index in [1.807, 2.05) is 37.3 Å². The van der Waals surface area contributed by atoms with Crippen molar-refractivity contribution in [1.29, 1.82) is 0 Å². The number of carbonyl (C=O) groups excluding carboxylic acids is 2. The molecule has 0 aromatic heterocycles. The maximum absolute atomic E-state index is 12.8. The van der Waals surface area contributed by atoms with Crippen LogP contribution in [0.15, 0.2) is 36.4 Å². The van der Waals surface area contributed by atoms with Crippen LogP contribution in [0.5, 0.6) is 0 Å². The first-order valence-electron chi connectivity index (χ1n) is 6.98. The molecule has 108 valence electrons. The minimum absolute atomic E-state index is 0.189. The number of carboxylic acids is 1. The van der Waals surface area contributed by atoms with E-state index in [4.69, 9.17) is 4.74 Å². The highest BCUT2D eigenvalue weighted by atomic mass is 16.5. The highest BCUT2D eigenvalue weighted by molar-refractivity contribution is 6.02. The van der Waals surface area contributed by atoms with Crippen LogP contribution in [-0.2, 0) is 14.3 Å². The Balaban J connectivity index is 1.78. The molecule has 3 aliphatic heterocycles. The van der Waals surface area contributed by atoms with Gasteiger partial charge in [0, 0.05) is 17.6 Å². The van der Waals surface area contributed by atoms with Gasteiger partial charge in [-0.05, 0) is 18.6 Å². The highest BCUT2D eigenvalue weighted by Crippen LogP contribution is 2.52. The summed E-state index contributed by atoms with van der Waals surface area (Å²) < 4.78 is 5.83. The molecule has 21 heavy (non-hydrogen) atoms. The average Bonchev–Trinajstić information content (AvgIpc) is 3.08. The van der Waals surface area contributed by atoms with Crippen LogP contribution in [0.3, 0.4) is 0 Å². The Kier molecular flexibility index (Phi) is 2.37. The van der Waals surface area contributed by atoms with Crippen LogP contribution in [0, 0.1) is 18.8 Å². The molecule has 0 N–H and O–H groups in total. The maximum Gasteiger partial charge on any atom is 0.234 e. The molecular formula is C16H14NO4-. The Bertz CT molecular complexity index is 683. The largest absolute Gasteiger partial charge is 0.550 e. The molecule has 1 aromatic carbocycles. The zero-order valence-electron chi connectivity index (χ0n) is 11.5. The van der Waals surface area contributed by atoms with Crippen LogP contribution in [0.1, 0.15) is 5.56 Å². The molecule has 0 unspecified atom stereocenters. The first-order valence-corrected chi connectivity index (χ1v) is 6.98. The SMILES string of the molecule is Cc1ccccc1N1C[C@@]23C=C[C@H](O2)[C@H](C(=O)[O-])[C@@H]3C1=O. The molecular weight excluding hydrogens is 270 g/mol. The van der Waals surface area contributed by atoms with Crippen LogP contribution < -0.4 is 10.0 Å². The number of ether oxygens (including phenoxy) is 1. The Labute approximate surface area is 121 Å². The van der Waals surface area contributed by atoms with E-state index in [-0.39, 0.29) is 5.91 Å². The van der Waals surface area contributed by atoms with E-state index in [1.54, 1.807) is 11.0 Å². The topological polar surface area (TPSA) is 69.7 Å². The van der Waals surface area contributed by atoms with Crippen molar-refractivity contribution in [2.45, 2.75) is 18.6 Å². The molecule has 1 spiro atoms. The summed E-state index contributed by atoms with van der Waals surface area (Å²) in [5, 5.41) is 11.4. The Morgan fingerprint density at radius 1 is 1.43 bits per heavy atom. The molecule has 1 amide bonds. The Morgan fingerprint density at radius 2 is 2.19 bits per heavy atom. The summed E-state index contributed by atoms with van der Waals surface area (Å²) in [5.41, 5.74) is 0.976. The van der Waals surface area contributed by atoms with E-state index in [0.29, 0.717) is 6.54 Å². The first kappa shape index (κ1) is 12.6. The van der Waals surface area contributed by atoms with Gasteiger partial charge in [-0.15, -0.1) is 0 Å². The Hall–Kier alpha value is -2.14. The van der Waals surface area contributed by atoms with Crippen molar-refractivity contribution >= 4 is 17.6 Å². The summed E-state index contributed by atoms with van der Waals surface area (Å²) >= 11 is 0. The van der Waals surface area contributed by atoms with Gasteiger partial charge in [-0.25, -0.2) is 0 Å². The fourth-order valence-corrected chi connectivity index (χ4v) is 3.84. The van der Waals surface area contributed by atoms with Crippen molar-refractivity contribution in [3.05, 3.63) is 42.0 Å². The van der Waals surface area contributed by atoms with Crippen molar-refractivity contribution in [2.75, 3.05) is 11.4 Å². The quantitative estimate of drug-likeness (QED) is 0.719. The van der Waals surface area contributed by atoms with Gasteiger partial charge in [-0.1, -0.05) is 30.4 Å². The summed E-state index contributed by atoms with van der Waals surface area (Å²) in [4.78, 5) is 25.8. The van der Waals surface area contributed by atoms with Crippen LogP contribution in [-0.4, -0.2) is 30.1 Å². The lowest BCUT2D eigenvalue weighted by molar-refractivity contribution is -0.313. The van der Waals surface area contributed by atoms with E-state index >= 15 is 0 Å². The van der Waals surface area contributed by atoms with Gasteiger partial charge in [-0.3, -0.25) is 4.79 Å². The number of aryl methyl sites for hydroxylation is 1. The molecule has 4 atom stereocenters. The Morgan fingerprint density at radius 3 is 2.90 bits per heavy atom. The number of para-hydroxylation sites is 1. The molecule has 0 saturated carbocycles. The number of hydrogen-bond acceptors (Lipinski definition) is 4. The standard InChI is InChI=1S/C16H15NO4/c1-9-4-2-3-5-10(9)17-8-16-7-6-11(21-16)12(15(19)20)13(16)14(17)18/h2-7,11-13H,8H2,1H3,(H,19,20)/p-1/t11-,12-,13+,16+/m0/s1. The van der Waals surface area contributed by atoms with Crippen LogP contribution in [0.2, 0.25) is 0 Å². The zero-order chi connectivity index (χ0) is 14.8. The zero-order valence-corrected chi connectivity index (χ0v) is 11.5. The normalized spacial score (nSPS) is 36.3. The number of aliphatic carboxylic acids is 1. The van der Waals surface area contributed by atoms with Gasteiger partial charge in [0.1, 0.15) is 5.60 Å². The molecule has 3 heterocycles. The van der Waals surface area contributed by atoms with Crippen LogP contribution in [0.25, 0.3) is 0 Å². The third-order valence-electron chi connectivity index (χ3n) is 4.78. The fourth-order valence-electron chi connectivity index (χ4n) is 3.84. The van der Waals surface area contributed by atoms with Crippen molar-refractivity contribution in [3.8, 4) is 0 Å². The number of benzene rings is 1. The second-order valence-corrected chi connectivity index (χ2v) is 5.93. The van der Waals surface area contributed by atoms with Crippen LogP contribution >= 0.6 is 0 Å². The first-order chi connectivity index (χ1) is 10.0. The number of nitrogens with zero attached hydrogens (tertiary/aromatic N) is 1. The number of fused-ring (bicyclic) bond motifs is 1. The number of amides is 1. The molecule has 2 bridgehead atoms. The molecule has 3 aliphatic rings. The number of carbonyl (C=O) groups is 2. The van der Waals surface area contributed by atoms with E-state index in [1.165, 1.54) is 0 Å². The fraction of sp³-hybridized carbons (Fsp3) is 0.375. The minimum Gasteiger partial charge on any atom is -0.550 e. The summed E-state index contributed by atoms with van der Waals surface area (Å²) in [6, 6.07) is 7.57. The van der Waals surface area contributed by atoms with Gasteiger partial charge < -0.3 is 19.5 Å². The summed E-state index contributed by atoms with van der Waals surface area (Å²) in [6.07, 6.45) is 3.05. The third-order valence-corrected chi connectivity index (χ3v) is 4.78. The lowest BCUT2D eigenvalue weighted by Gasteiger charge is -2.24. The van der Waals surface area contributed by atoms with Crippen LogP contribution in [0.4, 0.5) is 5.69 Å². The van der Waals surface area contributed by atoms with Gasteiger partial charge in [-0.2, -0.15) is 0 Å². The van der Waals surface area contributed by atoms with Gasteiger partial charge in [0.15, 0.2) is 0 Å². The summed E-state index contributed by atoms with van der Waals surface area (Å²) in [5.74, 6) is -2.98. The predicted molar refractivity (Wildman–Crippen MR) is 72.3 cm³/mol. The number of rotatable bonds is 2. The van der Waals surface area contributed by atoms with E-state index in [0.717, 1.165) is 11.3 Å². The second-order valence-electron chi connectivity index (χ2n) is 5.93. The molecule has 4 rings (SSSR count). The second kappa shape index (κ2) is 3.95. The molecule has 5 nitrogen and oxygen atoms in total. The predicted octanol–water partition coefficient (Wildman–Crippen LogP) is 0.0313. The summed E-state index contributed by atoms with van der Waals surface area (Å²) in [7, 11) is 0. The average molecular weight is 284 g/mol. The van der Waals surface area contributed by atoms with Gasteiger partial charge in [0.25, 0.3) is 0 Å². The molecule has 2 saturated heterocycles. The van der Waals surface area contributed by atoms with E-state index in [2.05, 4.69) is 0 Å². The van der Waals surface area contributed by atoms with Gasteiger partial charge in [0.2, 0.25) is 5.91 Å². The lowest BCUT2D eigenvalue weighted by Crippen LogP contribution is -2.45.